The maximum atomic E-state index is 5.20. The molecule has 5 heteroatoms. The zero-order chi connectivity index (χ0) is 9.64. The Labute approximate surface area is 86.1 Å². The van der Waals surface area contributed by atoms with Crippen LogP contribution in [0.1, 0.15) is 11.5 Å². The standard InChI is InChI=1S/C9H11N3OS/c1-2-9(13-5-1)3-4-10-6-8-7-14-12-11-8/h1-2,5,7,10H,3-4,6H2. The van der Waals surface area contributed by atoms with Gasteiger partial charge in [-0.25, -0.2) is 0 Å². The van der Waals surface area contributed by atoms with E-state index >= 15 is 0 Å². The summed E-state index contributed by atoms with van der Waals surface area (Å²) in [5.74, 6) is 1.01. The van der Waals surface area contributed by atoms with Gasteiger partial charge < -0.3 is 9.73 Å². The van der Waals surface area contributed by atoms with Crippen molar-refractivity contribution < 1.29 is 4.42 Å². The van der Waals surface area contributed by atoms with Crippen LogP contribution in [0, 0.1) is 0 Å². The van der Waals surface area contributed by atoms with E-state index in [-0.39, 0.29) is 0 Å². The van der Waals surface area contributed by atoms with Crippen LogP contribution in [0.25, 0.3) is 0 Å². The minimum Gasteiger partial charge on any atom is -0.469 e. The third-order valence-electron chi connectivity index (χ3n) is 1.84. The molecule has 14 heavy (non-hydrogen) atoms. The Kier molecular flexibility index (Phi) is 3.26. The van der Waals surface area contributed by atoms with Crippen molar-refractivity contribution in [3.8, 4) is 0 Å². The van der Waals surface area contributed by atoms with E-state index in [2.05, 4.69) is 14.9 Å². The summed E-state index contributed by atoms with van der Waals surface area (Å²) in [7, 11) is 0. The van der Waals surface area contributed by atoms with Crippen LogP contribution < -0.4 is 5.32 Å². The van der Waals surface area contributed by atoms with E-state index < -0.39 is 0 Å². The van der Waals surface area contributed by atoms with Crippen LogP contribution in [-0.4, -0.2) is 16.1 Å². The Balaban J connectivity index is 1.65. The number of rotatable bonds is 5. The van der Waals surface area contributed by atoms with Crippen LogP contribution in [0.4, 0.5) is 0 Å². The molecule has 0 unspecified atom stereocenters. The highest BCUT2D eigenvalue weighted by Gasteiger charge is 1.97. The normalized spacial score (nSPS) is 10.6. The minimum atomic E-state index is 0.775. The van der Waals surface area contributed by atoms with Gasteiger partial charge in [0.25, 0.3) is 0 Å². The van der Waals surface area contributed by atoms with Crippen LogP contribution in [0.2, 0.25) is 0 Å². The van der Waals surface area contributed by atoms with Crippen molar-refractivity contribution >= 4 is 11.5 Å². The first kappa shape index (κ1) is 9.36. The quantitative estimate of drug-likeness (QED) is 0.757. The lowest BCUT2D eigenvalue weighted by Gasteiger charge is -1.99. The van der Waals surface area contributed by atoms with Crippen molar-refractivity contribution in [1.82, 2.24) is 14.9 Å². The van der Waals surface area contributed by atoms with E-state index in [0.29, 0.717) is 0 Å². The van der Waals surface area contributed by atoms with E-state index in [9.17, 15) is 0 Å². The van der Waals surface area contributed by atoms with E-state index in [1.54, 1.807) is 6.26 Å². The predicted octanol–water partition coefficient (Wildman–Crippen LogP) is 1.46. The summed E-state index contributed by atoms with van der Waals surface area (Å²) in [5, 5.41) is 9.15. The van der Waals surface area contributed by atoms with Gasteiger partial charge >= 0.3 is 0 Å². The first-order chi connectivity index (χ1) is 6.95. The highest BCUT2D eigenvalue weighted by Crippen LogP contribution is 2.00. The van der Waals surface area contributed by atoms with E-state index in [0.717, 1.165) is 31.0 Å². The fraction of sp³-hybridized carbons (Fsp3) is 0.333. The van der Waals surface area contributed by atoms with Gasteiger partial charge in [0, 0.05) is 24.9 Å². The van der Waals surface area contributed by atoms with Crippen molar-refractivity contribution in [2.45, 2.75) is 13.0 Å². The molecule has 0 fully saturated rings. The summed E-state index contributed by atoms with van der Waals surface area (Å²) in [6.45, 7) is 1.67. The summed E-state index contributed by atoms with van der Waals surface area (Å²) >= 11 is 1.38. The molecule has 2 aromatic heterocycles. The molecule has 4 nitrogen and oxygen atoms in total. The van der Waals surface area contributed by atoms with Gasteiger partial charge in [0.2, 0.25) is 0 Å². The van der Waals surface area contributed by atoms with Gasteiger partial charge in [-0.3, -0.25) is 0 Å². The number of hydrogen-bond acceptors (Lipinski definition) is 5. The summed E-state index contributed by atoms with van der Waals surface area (Å²) in [6, 6.07) is 3.88. The number of hydrogen-bond donors (Lipinski definition) is 1. The number of aromatic nitrogens is 2. The van der Waals surface area contributed by atoms with Crippen LogP contribution in [-0.2, 0) is 13.0 Å². The smallest absolute Gasteiger partial charge is 0.105 e. The highest BCUT2D eigenvalue weighted by atomic mass is 32.1. The monoisotopic (exact) mass is 209 g/mol. The van der Waals surface area contributed by atoms with Gasteiger partial charge in [-0.2, -0.15) is 0 Å². The molecule has 0 radical (unpaired) electrons. The molecular formula is C9H11N3OS. The van der Waals surface area contributed by atoms with Crippen molar-refractivity contribution in [2.75, 3.05) is 6.54 Å². The van der Waals surface area contributed by atoms with Gasteiger partial charge in [-0.15, -0.1) is 5.10 Å². The van der Waals surface area contributed by atoms with Gasteiger partial charge in [0.1, 0.15) is 5.76 Å². The molecule has 1 N–H and O–H groups in total. The molecule has 0 saturated heterocycles. The van der Waals surface area contributed by atoms with Gasteiger partial charge in [0.05, 0.1) is 12.0 Å². The fourth-order valence-corrected chi connectivity index (χ4v) is 1.60. The highest BCUT2D eigenvalue weighted by molar-refractivity contribution is 7.03. The summed E-state index contributed by atoms with van der Waals surface area (Å²) in [5.41, 5.74) is 0.995. The third-order valence-corrected chi connectivity index (χ3v) is 2.39. The lowest BCUT2D eigenvalue weighted by Crippen LogP contribution is -2.16. The summed E-state index contributed by atoms with van der Waals surface area (Å²) < 4.78 is 8.99. The van der Waals surface area contributed by atoms with E-state index in [1.807, 2.05) is 17.5 Å². The molecule has 0 aliphatic carbocycles. The fourth-order valence-electron chi connectivity index (χ4n) is 1.14. The number of nitrogens with zero attached hydrogens (tertiary/aromatic N) is 2. The first-order valence-electron chi connectivity index (χ1n) is 4.44. The molecule has 2 rings (SSSR count). The molecule has 0 bridgehead atoms. The number of nitrogens with one attached hydrogen (secondary N) is 1. The molecule has 0 saturated carbocycles. The molecule has 0 amide bonds. The molecule has 0 spiro atoms. The average Bonchev–Trinajstić information content (AvgIpc) is 2.86. The van der Waals surface area contributed by atoms with Crippen LogP contribution in [0.3, 0.4) is 0 Å². The van der Waals surface area contributed by atoms with Gasteiger partial charge in [-0.1, -0.05) is 4.49 Å². The van der Waals surface area contributed by atoms with Crippen molar-refractivity contribution in [1.29, 1.82) is 0 Å². The largest absolute Gasteiger partial charge is 0.469 e. The molecule has 74 valence electrons. The van der Waals surface area contributed by atoms with Gasteiger partial charge in [-0.05, 0) is 23.7 Å². The molecule has 0 aliphatic heterocycles. The van der Waals surface area contributed by atoms with Crippen molar-refractivity contribution in [2.24, 2.45) is 0 Å². The molecule has 0 aliphatic rings. The zero-order valence-corrected chi connectivity index (χ0v) is 8.46. The summed E-state index contributed by atoms with van der Waals surface area (Å²) in [4.78, 5) is 0. The lowest BCUT2D eigenvalue weighted by atomic mass is 10.3. The Morgan fingerprint density at radius 2 is 2.50 bits per heavy atom. The topological polar surface area (TPSA) is 51.0 Å². The maximum Gasteiger partial charge on any atom is 0.105 e. The Morgan fingerprint density at radius 3 is 3.21 bits per heavy atom. The van der Waals surface area contributed by atoms with Crippen LogP contribution in [0.15, 0.2) is 28.2 Å². The number of furan rings is 1. The molecule has 0 atom stereocenters. The first-order valence-corrected chi connectivity index (χ1v) is 5.28. The molecular weight excluding hydrogens is 198 g/mol. The molecule has 2 heterocycles. The average molecular weight is 209 g/mol. The third kappa shape index (κ3) is 2.65. The lowest BCUT2D eigenvalue weighted by molar-refractivity contribution is 0.498. The predicted molar refractivity (Wildman–Crippen MR) is 54.0 cm³/mol. The van der Waals surface area contributed by atoms with E-state index in [4.69, 9.17) is 4.42 Å². The maximum absolute atomic E-state index is 5.20. The second-order valence-corrected chi connectivity index (χ2v) is 3.51. The Morgan fingerprint density at radius 1 is 1.50 bits per heavy atom. The van der Waals surface area contributed by atoms with Gasteiger partial charge in [0.15, 0.2) is 0 Å². The molecule has 2 aromatic rings. The minimum absolute atomic E-state index is 0.775. The second-order valence-electron chi connectivity index (χ2n) is 2.90. The second kappa shape index (κ2) is 4.88. The Bertz CT molecular complexity index is 308. The Hall–Kier alpha value is -1.20. The molecule has 0 aromatic carbocycles. The van der Waals surface area contributed by atoms with Crippen LogP contribution >= 0.6 is 11.5 Å². The van der Waals surface area contributed by atoms with E-state index in [1.165, 1.54) is 11.5 Å². The zero-order valence-electron chi connectivity index (χ0n) is 7.64. The van der Waals surface area contributed by atoms with Crippen LogP contribution in [0.5, 0.6) is 0 Å². The SMILES string of the molecule is c1coc(CCNCc2csnn2)c1. The summed E-state index contributed by atoms with van der Waals surface area (Å²) in [6.07, 6.45) is 2.60. The van der Waals surface area contributed by atoms with Crippen molar-refractivity contribution in [3.05, 3.63) is 35.2 Å². The van der Waals surface area contributed by atoms with Crippen molar-refractivity contribution in [3.63, 3.8) is 0 Å².